The molecule has 0 aromatic heterocycles. The number of nitrogens with zero attached hydrogens (tertiary/aromatic N) is 2. The van der Waals surface area contributed by atoms with E-state index in [-0.39, 0.29) is 29.6 Å². The Morgan fingerprint density at radius 1 is 1.09 bits per heavy atom. The van der Waals surface area contributed by atoms with Gasteiger partial charge in [-0.05, 0) is 74.3 Å². The first-order chi connectivity index (χ1) is 21.1. The van der Waals surface area contributed by atoms with E-state index in [0.717, 1.165) is 31.2 Å². The molecule has 2 aromatic rings. The molecule has 1 N–H and O–H groups in total. The van der Waals surface area contributed by atoms with Crippen LogP contribution in [0.15, 0.2) is 30.3 Å². The fraction of sp³-hybridized carbons (Fsp3) is 0.559. The quantitative estimate of drug-likeness (QED) is 0.390. The molecule has 1 saturated heterocycles. The third-order valence-electron chi connectivity index (χ3n) is 10.5. The van der Waals surface area contributed by atoms with Gasteiger partial charge in [0.2, 0.25) is 11.8 Å². The Morgan fingerprint density at radius 3 is 2.59 bits per heavy atom. The monoisotopic (exact) mass is 624 g/mol. The van der Waals surface area contributed by atoms with Gasteiger partial charge in [-0.25, -0.2) is 0 Å². The average molecular weight is 625 g/mol. The smallest absolute Gasteiger partial charge is 0.312 e. The minimum absolute atomic E-state index is 0.00735. The van der Waals surface area contributed by atoms with Crippen LogP contribution in [0.4, 0.5) is 0 Å². The van der Waals surface area contributed by atoms with E-state index in [1.54, 1.807) is 49.5 Å². The van der Waals surface area contributed by atoms with Crippen LogP contribution in [0.3, 0.4) is 0 Å². The number of carbonyl (C=O) groups is 3. The number of fused-ring (bicyclic) bond motifs is 1. The maximum absolute atomic E-state index is 14.6. The molecule has 9 nitrogen and oxygen atoms in total. The largest absolute Gasteiger partial charge is 0.508 e. The number of halogens is 1. The third kappa shape index (κ3) is 5.48. The van der Waals surface area contributed by atoms with Gasteiger partial charge in [0.1, 0.15) is 23.9 Å². The van der Waals surface area contributed by atoms with Gasteiger partial charge in [-0.2, -0.15) is 0 Å². The van der Waals surface area contributed by atoms with E-state index < -0.39 is 23.3 Å². The molecule has 10 heteroatoms. The molecule has 6 rings (SSSR count). The molecule has 236 valence electrons. The van der Waals surface area contributed by atoms with Crippen molar-refractivity contribution in [2.75, 3.05) is 33.9 Å². The second kappa shape index (κ2) is 11.8. The van der Waals surface area contributed by atoms with Crippen LogP contribution in [-0.4, -0.2) is 66.5 Å². The number of hydrogen-bond donors (Lipinski definition) is 1. The molecular formula is C34H41ClN2O7. The molecule has 2 aliphatic heterocycles. The van der Waals surface area contributed by atoms with Gasteiger partial charge in [0.25, 0.3) is 0 Å². The van der Waals surface area contributed by atoms with Crippen LogP contribution in [0, 0.1) is 16.7 Å². The van der Waals surface area contributed by atoms with E-state index in [1.165, 1.54) is 0 Å². The van der Waals surface area contributed by atoms with Gasteiger partial charge in [-0.15, -0.1) is 0 Å². The summed E-state index contributed by atoms with van der Waals surface area (Å²) >= 11 is 6.59. The first kappa shape index (κ1) is 30.6. The van der Waals surface area contributed by atoms with Gasteiger partial charge >= 0.3 is 5.97 Å². The lowest BCUT2D eigenvalue weighted by Gasteiger charge is -2.45. The number of ether oxygens (including phenoxy) is 3. The van der Waals surface area contributed by atoms with Crippen LogP contribution in [-0.2, 0) is 32.1 Å². The van der Waals surface area contributed by atoms with Crippen LogP contribution >= 0.6 is 11.6 Å². The van der Waals surface area contributed by atoms with Crippen LogP contribution < -0.4 is 9.47 Å². The number of aromatic hydroxyl groups is 1. The molecule has 2 unspecified atom stereocenters. The van der Waals surface area contributed by atoms with Gasteiger partial charge in [0.15, 0.2) is 0 Å². The summed E-state index contributed by atoms with van der Waals surface area (Å²) in [6.45, 7) is 3.19. The van der Waals surface area contributed by atoms with Crippen LogP contribution in [0.25, 0.3) is 0 Å². The highest BCUT2D eigenvalue weighted by atomic mass is 35.5. The summed E-state index contributed by atoms with van der Waals surface area (Å²) in [5.41, 5.74) is 1.16. The summed E-state index contributed by atoms with van der Waals surface area (Å²) in [4.78, 5) is 45.1. The number of benzene rings is 2. The van der Waals surface area contributed by atoms with Gasteiger partial charge < -0.3 is 29.1 Å². The molecule has 2 heterocycles. The topological polar surface area (TPSA) is 106 Å². The number of amides is 2. The van der Waals surface area contributed by atoms with Crippen molar-refractivity contribution < 1.29 is 33.7 Å². The van der Waals surface area contributed by atoms with Crippen molar-refractivity contribution in [3.05, 3.63) is 52.0 Å². The first-order valence-electron chi connectivity index (χ1n) is 15.6. The summed E-state index contributed by atoms with van der Waals surface area (Å²) < 4.78 is 16.6. The molecule has 3 fully saturated rings. The molecule has 0 radical (unpaired) electrons. The summed E-state index contributed by atoms with van der Waals surface area (Å²) in [5.74, 6) is 0.178. The Morgan fingerprint density at radius 2 is 1.89 bits per heavy atom. The number of rotatable bonds is 8. The molecule has 44 heavy (non-hydrogen) atoms. The number of esters is 1. The molecule has 2 aliphatic carbocycles. The van der Waals surface area contributed by atoms with E-state index in [4.69, 9.17) is 25.8 Å². The zero-order valence-electron chi connectivity index (χ0n) is 25.7. The van der Waals surface area contributed by atoms with Crippen molar-refractivity contribution in [3.63, 3.8) is 0 Å². The number of phenols is 1. The lowest BCUT2D eigenvalue weighted by atomic mass is 9.66. The highest BCUT2D eigenvalue weighted by Crippen LogP contribution is 2.54. The van der Waals surface area contributed by atoms with E-state index in [1.807, 2.05) is 11.8 Å². The number of hydrogen-bond acceptors (Lipinski definition) is 7. The van der Waals surface area contributed by atoms with E-state index >= 15 is 0 Å². The summed E-state index contributed by atoms with van der Waals surface area (Å²) in [6, 6.07) is 8.00. The molecule has 4 aliphatic rings. The Hall–Kier alpha value is -3.46. The fourth-order valence-electron chi connectivity index (χ4n) is 7.57. The van der Waals surface area contributed by atoms with Gasteiger partial charge in [-0.1, -0.05) is 24.4 Å². The lowest BCUT2D eigenvalue weighted by molar-refractivity contribution is -0.169. The fourth-order valence-corrected chi connectivity index (χ4v) is 7.83. The Kier molecular flexibility index (Phi) is 8.20. The lowest BCUT2D eigenvalue weighted by Crippen LogP contribution is -2.53. The van der Waals surface area contributed by atoms with Crippen molar-refractivity contribution >= 4 is 29.4 Å². The number of carbonyl (C=O) groups excluding carboxylic acids is 3. The van der Waals surface area contributed by atoms with Gasteiger partial charge in [-0.3, -0.25) is 14.4 Å². The van der Waals surface area contributed by atoms with Gasteiger partial charge in [0, 0.05) is 48.3 Å². The third-order valence-corrected chi connectivity index (χ3v) is 10.8. The predicted octanol–water partition coefficient (Wildman–Crippen LogP) is 5.44. The van der Waals surface area contributed by atoms with Crippen LogP contribution in [0.5, 0.6) is 17.2 Å². The normalized spacial score (nSPS) is 25.5. The van der Waals surface area contributed by atoms with Crippen LogP contribution in [0.2, 0.25) is 5.02 Å². The van der Waals surface area contributed by atoms with Crippen molar-refractivity contribution in [3.8, 4) is 17.2 Å². The predicted molar refractivity (Wildman–Crippen MR) is 164 cm³/mol. The highest BCUT2D eigenvalue weighted by molar-refractivity contribution is 6.31. The standard InChI is InChI=1S/C34H41ClN2O7/c1-33(32(41)44-19-21-7-8-22(42-2)16-28(21)43-3)12-5-4-6-24(33)31(40)37-15-11-23-25(35)9-10-27(38)30(23)26(37)18-36-20-34(13-14-34)17-29(36)39/h7-10,16,24,26,38H,4-6,11-15,17-20H2,1-3H3/t24?,26?,33-/m0/s1. The molecular weight excluding hydrogens is 584 g/mol. The molecule has 2 amide bonds. The second-order valence-electron chi connectivity index (χ2n) is 13.2. The summed E-state index contributed by atoms with van der Waals surface area (Å²) in [7, 11) is 3.12. The Bertz CT molecular complexity index is 1470. The van der Waals surface area contributed by atoms with Gasteiger partial charge in [0.05, 0.1) is 31.6 Å². The van der Waals surface area contributed by atoms with Crippen LogP contribution in [0.1, 0.15) is 74.6 Å². The maximum Gasteiger partial charge on any atom is 0.312 e. The minimum Gasteiger partial charge on any atom is -0.508 e. The number of likely N-dealkylation sites (tertiary alicyclic amines) is 1. The van der Waals surface area contributed by atoms with E-state index in [9.17, 15) is 19.5 Å². The summed E-state index contributed by atoms with van der Waals surface area (Å²) in [5, 5.41) is 11.6. The van der Waals surface area contributed by atoms with Crippen molar-refractivity contribution in [2.24, 2.45) is 16.7 Å². The van der Waals surface area contributed by atoms with E-state index in [0.29, 0.717) is 73.0 Å². The zero-order valence-corrected chi connectivity index (χ0v) is 26.5. The Labute approximate surface area is 263 Å². The van der Waals surface area contributed by atoms with E-state index in [2.05, 4.69) is 0 Å². The molecule has 2 saturated carbocycles. The maximum atomic E-state index is 14.6. The molecule has 3 atom stereocenters. The minimum atomic E-state index is -1.03. The Balaban J connectivity index is 1.26. The summed E-state index contributed by atoms with van der Waals surface area (Å²) in [6.07, 6.45) is 5.82. The highest BCUT2D eigenvalue weighted by Gasteiger charge is 2.54. The average Bonchev–Trinajstić information content (AvgIpc) is 3.71. The van der Waals surface area contributed by atoms with Crippen molar-refractivity contribution in [1.82, 2.24) is 9.80 Å². The first-order valence-corrected chi connectivity index (χ1v) is 15.9. The number of methoxy groups -OCH3 is 2. The molecule has 0 bridgehead atoms. The van der Waals surface area contributed by atoms with Crippen molar-refractivity contribution in [2.45, 2.75) is 70.9 Å². The second-order valence-corrected chi connectivity index (χ2v) is 13.6. The zero-order chi connectivity index (χ0) is 31.2. The molecule has 2 aromatic carbocycles. The number of phenolic OH excluding ortho intramolecular Hbond substituents is 1. The van der Waals surface area contributed by atoms with Crippen molar-refractivity contribution in [1.29, 1.82) is 0 Å². The SMILES string of the molecule is COc1ccc(COC(=O)[C@@]2(C)CCCCC2C(=O)N2CCc3c(Cl)ccc(O)c3C2CN2CC3(CC3)CC2=O)c(OC)c1. The molecule has 1 spiro atoms.